The molecule has 0 fully saturated rings. The normalized spacial score (nSPS) is 10.7. The summed E-state index contributed by atoms with van der Waals surface area (Å²) in [6.07, 6.45) is 2.45. The van der Waals surface area contributed by atoms with Crippen LogP contribution in [0.3, 0.4) is 0 Å². The second-order valence-corrected chi connectivity index (χ2v) is 6.49. The summed E-state index contributed by atoms with van der Waals surface area (Å²) in [5, 5.41) is 3.10. The number of halogens is 3. The predicted molar refractivity (Wildman–Crippen MR) is 88.8 cm³/mol. The van der Waals surface area contributed by atoms with Gasteiger partial charge in [0.2, 0.25) is 0 Å². The third kappa shape index (κ3) is 4.06. The molecule has 1 aromatic heterocycles. The fraction of sp³-hybridized carbons (Fsp3) is 0.111. The van der Waals surface area contributed by atoms with Gasteiger partial charge in [-0.1, -0.05) is 30.3 Å². The van der Waals surface area contributed by atoms with Gasteiger partial charge >= 0.3 is 0 Å². The number of carbonyl (C=O) groups excluding carboxylic acids is 1. The van der Waals surface area contributed by atoms with E-state index in [1.54, 1.807) is 6.20 Å². The molecule has 128 valence electrons. The molecule has 3 aromatic rings. The van der Waals surface area contributed by atoms with Gasteiger partial charge in [-0.2, -0.15) is 0 Å². The summed E-state index contributed by atoms with van der Waals surface area (Å²) in [5.41, 5.74) is 0.602. The minimum absolute atomic E-state index is 0.0801. The maximum absolute atomic E-state index is 13.6. The number of benzene rings is 2. The number of hydrogen-bond acceptors (Lipinski definition) is 3. The summed E-state index contributed by atoms with van der Waals surface area (Å²) in [4.78, 5) is 17.2. The topological polar surface area (TPSA) is 42.0 Å². The van der Waals surface area contributed by atoms with E-state index < -0.39 is 28.9 Å². The van der Waals surface area contributed by atoms with E-state index in [2.05, 4.69) is 10.3 Å². The Hall–Kier alpha value is -2.67. The largest absolute Gasteiger partial charge is 0.345 e. The highest BCUT2D eigenvalue weighted by atomic mass is 32.1. The SMILES string of the molecule is O=C(NCc1ncc(Cc2ccccc2)s1)c1ccc(F)c(F)c1F. The van der Waals surface area contributed by atoms with Crippen molar-refractivity contribution >= 4 is 17.2 Å². The van der Waals surface area contributed by atoms with Gasteiger partial charge in [0.15, 0.2) is 17.5 Å². The lowest BCUT2D eigenvalue weighted by molar-refractivity contribution is 0.0945. The average molecular weight is 362 g/mol. The second kappa shape index (κ2) is 7.48. The Balaban J connectivity index is 1.62. The van der Waals surface area contributed by atoms with Gasteiger partial charge in [0.05, 0.1) is 12.1 Å². The van der Waals surface area contributed by atoms with Crippen molar-refractivity contribution < 1.29 is 18.0 Å². The lowest BCUT2D eigenvalue weighted by Crippen LogP contribution is -2.24. The average Bonchev–Trinajstić information content (AvgIpc) is 3.06. The molecule has 0 atom stereocenters. The molecule has 0 aliphatic rings. The minimum atomic E-state index is -1.66. The van der Waals surface area contributed by atoms with Gasteiger partial charge in [-0.05, 0) is 17.7 Å². The van der Waals surface area contributed by atoms with Gasteiger partial charge in [0, 0.05) is 17.5 Å². The van der Waals surface area contributed by atoms with Crippen molar-refractivity contribution in [3.8, 4) is 0 Å². The smallest absolute Gasteiger partial charge is 0.254 e. The van der Waals surface area contributed by atoms with E-state index in [1.165, 1.54) is 11.3 Å². The Labute approximate surface area is 146 Å². The molecule has 0 aliphatic heterocycles. The second-order valence-electron chi connectivity index (χ2n) is 5.29. The molecule has 0 radical (unpaired) electrons. The molecule has 0 unspecified atom stereocenters. The van der Waals surface area contributed by atoms with E-state index >= 15 is 0 Å². The minimum Gasteiger partial charge on any atom is -0.345 e. The number of carbonyl (C=O) groups is 1. The van der Waals surface area contributed by atoms with Crippen LogP contribution < -0.4 is 5.32 Å². The Morgan fingerprint density at radius 3 is 2.56 bits per heavy atom. The summed E-state index contributed by atoms with van der Waals surface area (Å²) in [6.45, 7) is 0.0801. The molecule has 25 heavy (non-hydrogen) atoms. The zero-order valence-electron chi connectivity index (χ0n) is 12.9. The zero-order valence-corrected chi connectivity index (χ0v) is 13.7. The van der Waals surface area contributed by atoms with Crippen LogP contribution in [0.1, 0.15) is 25.8 Å². The van der Waals surface area contributed by atoms with Gasteiger partial charge in [0.1, 0.15) is 5.01 Å². The van der Waals surface area contributed by atoms with Crippen LogP contribution in [0.2, 0.25) is 0 Å². The summed E-state index contributed by atoms with van der Waals surface area (Å²) >= 11 is 1.42. The molecule has 2 aromatic carbocycles. The number of thiazole rings is 1. The number of rotatable bonds is 5. The van der Waals surface area contributed by atoms with E-state index in [4.69, 9.17) is 0 Å². The highest BCUT2D eigenvalue weighted by molar-refractivity contribution is 7.11. The van der Waals surface area contributed by atoms with Gasteiger partial charge < -0.3 is 5.32 Å². The van der Waals surface area contributed by atoms with E-state index in [-0.39, 0.29) is 6.54 Å². The van der Waals surface area contributed by atoms with Gasteiger partial charge in [-0.3, -0.25) is 4.79 Å². The van der Waals surface area contributed by atoms with Crippen molar-refractivity contribution in [1.82, 2.24) is 10.3 Å². The van der Waals surface area contributed by atoms with Gasteiger partial charge in [0.25, 0.3) is 5.91 Å². The summed E-state index contributed by atoms with van der Waals surface area (Å²) in [6, 6.07) is 11.5. The summed E-state index contributed by atoms with van der Waals surface area (Å²) in [5.74, 6) is -5.32. The van der Waals surface area contributed by atoms with Crippen molar-refractivity contribution in [2.45, 2.75) is 13.0 Å². The fourth-order valence-corrected chi connectivity index (χ4v) is 3.16. The van der Waals surface area contributed by atoms with Gasteiger partial charge in [-0.25, -0.2) is 18.2 Å². The third-order valence-electron chi connectivity index (χ3n) is 3.50. The number of nitrogens with zero attached hydrogens (tertiary/aromatic N) is 1. The Morgan fingerprint density at radius 2 is 1.80 bits per heavy atom. The van der Waals surface area contributed by atoms with Crippen LogP contribution in [0.5, 0.6) is 0 Å². The molecule has 0 aliphatic carbocycles. The lowest BCUT2D eigenvalue weighted by Gasteiger charge is -2.05. The van der Waals surface area contributed by atoms with Crippen molar-refractivity contribution in [2.24, 2.45) is 0 Å². The van der Waals surface area contributed by atoms with Crippen molar-refractivity contribution in [1.29, 1.82) is 0 Å². The molecule has 7 heteroatoms. The molecular formula is C18H13F3N2OS. The van der Waals surface area contributed by atoms with Crippen LogP contribution in [0.4, 0.5) is 13.2 Å². The van der Waals surface area contributed by atoms with E-state index in [1.807, 2.05) is 30.3 Å². The first-order valence-electron chi connectivity index (χ1n) is 7.44. The predicted octanol–water partition coefficient (Wildman–Crippen LogP) is 4.08. The standard InChI is InChI=1S/C18H13F3N2OS/c19-14-7-6-13(16(20)17(14)21)18(24)23-10-15-22-9-12(25-15)8-11-4-2-1-3-5-11/h1-7,9H,8,10H2,(H,23,24). The quantitative estimate of drug-likeness (QED) is 0.695. The van der Waals surface area contributed by atoms with Crippen LogP contribution in [-0.2, 0) is 13.0 Å². The maximum atomic E-state index is 13.6. The molecule has 0 saturated carbocycles. The first kappa shape index (κ1) is 17.2. The van der Waals surface area contributed by atoms with E-state index in [9.17, 15) is 18.0 Å². The molecule has 1 heterocycles. The lowest BCUT2D eigenvalue weighted by atomic mass is 10.1. The summed E-state index contributed by atoms with van der Waals surface area (Å²) in [7, 11) is 0. The monoisotopic (exact) mass is 362 g/mol. The highest BCUT2D eigenvalue weighted by Gasteiger charge is 2.18. The number of amides is 1. The summed E-state index contributed by atoms with van der Waals surface area (Å²) < 4.78 is 39.7. The van der Waals surface area contributed by atoms with Gasteiger partial charge in [-0.15, -0.1) is 11.3 Å². The van der Waals surface area contributed by atoms with Crippen LogP contribution in [0.15, 0.2) is 48.7 Å². The molecule has 1 N–H and O–H groups in total. The maximum Gasteiger partial charge on any atom is 0.254 e. The van der Waals surface area contributed by atoms with Crippen molar-refractivity contribution in [2.75, 3.05) is 0 Å². The third-order valence-corrected chi connectivity index (χ3v) is 4.50. The van der Waals surface area contributed by atoms with E-state index in [0.29, 0.717) is 11.1 Å². The molecule has 0 spiro atoms. The van der Waals surface area contributed by atoms with Crippen molar-refractivity contribution in [3.05, 3.63) is 87.1 Å². The highest BCUT2D eigenvalue weighted by Crippen LogP contribution is 2.18. The number of aromatic nitrogens is 1. The molecule has 3 rings (SSSR count). The molecule has 0 bridgehead atoms. The zero-order chi connectivity index (χ0) is 17.8. The van der Waals surface area contributed by atoms with Crippen LogP contribution in [0.25, 0.3) is 0 Å². The molecule has 0 saturated heterocycles. The van der Waals surface area contributed by atoms with Crippen LogP contribution in [0, 0.1) is 17.5 Å². The Kier molecular flexibility index (Phi) is 5.14. The number of nitrogens with one attached hydrogen (secondary N) is 1. The molecule has 1 amide bonds. The molecule has 3 nitrogen and oxygen atoms in total. The Bertz CT molecular complexity index is 897. The van der Waals surface area contributed by atoms with Crippen LogP contribution >= 0.6 is 11.3 Å². The van der Waals surface area contributed by atoms with E-state index in [0.717, 1.165) is 22.9 Å². The first-order chi connectivity index (χ1) is 12.0. The van der Waals surface area contributed by atoms with Crippen LogP contribution in [-0.4, -0.2) is 10.9 Å². The Morgan fingerprint density at radius 1 is 1.04 bits per heavy atom. The number of hydrogen-bond donors (Lipinski definition) is 1. The molecular weight excluding hydrogens is 349 g/mol. The first-order valence-corrected chi connectivity index (χ1v) is 8.25. The van der Waals surface area contributed by atoms with Crippen molar-refractivity contribution in [3.63, 3.8) is 0 Å². The fourth-order valence-electron chi connectivity index (χ4n) is 2.26.